The van der Waals surface area contributed by atoms with Crippen LogP contribution in [0.2, 0.25) is 0 Å². The van der Waals surface area contributed by atoms with Crippen LogP contribution >= 0.6 is 11.3 Å². The first-order valence-electron chi connectivity index (χ1n) is 11.8. The summed E-state index contributed by atoms with van der Waals surface area (Å²) >= 11 is 1.56. The molecule has 2 amide bonds. The van der Waals surface area contributed by atoms with Crippen molar-refractivity contribution in [2.45, 2.75) is 57.6 Å². The number of piperidine rings is 1. The van der Waals surface area contributed by atoms with E-state index in [1.165, 1.54) is 0 Å². The van der Waals surface area contributed by atoms with E-state index in [4.69, 9.17) is 14.5 Å². The SMILES string of the molecule is COCC1CCCN1C(=O)c1csc(C2CCN(C(=O)c3ccc(OC(C)C)cc3)CC2)n1. The summed E-state index contributed by atoms with van der Waals surface area (Å²) in [5.41, 5.74) is 1.23. The number of thiazole rings is 1. The van der Waals surface area contributed by atoms with Crippen molar-refractivity contribution in [3.05, 3.63) is 45.9 Å². The largest absolute Gasteiger partial charge is 0.491 e. The molecular weight excluding hydrogens is 438 g/mol. The lowest BCUT2D eigenvalue weighted by Crippen LogP contribution is -2.38. The molecule has 2 aromatic rings. The fourth-order valence-electron chi connectivity index (χ4n) is 4.65. The van der Waals surface area contributed by atoms with E-state index in [2.05, 4.69) is 0 Å². The predicted octanol–water partition coefficient (Wildman–Crippen LogP) is 4.20. The first-order chi connectivity index (χ1) is 16.0. The van der Waals surface area contributed by atoms with Crippen LogP contribution in [0.3, 0.4) is 0 Å². The first-order valence-corrected chi connectivity index (χ1v) is 12.7. The number of hydrogen-bond acceptors (Lipinski definition) is 6. The fourth-order valence-corrected chi connectivity index (χ4v) is 5.61. The Morgan fingerprint density at radius 3 is 2.48 bits per heavy atom. The average molecular weight is 472 g/mol. The van der Waals surface area contributed by atoms with Gasteiger partial charge >= 0.3 is 0 Å². The van der Waals surface area contributed by atoms with Gasteiger partial charge in [-0.1, -0.05) is 0 Å². The summed E-state index contributed by atoms with van der Waals surface area (Å²) in [6.07, 6.45) is 3.82. The van der Waals surface area contributed by atoms with Gasteiger partial charge in [-0.3, -0.25) is 9.59 Å². The third-order valence-electron chi connectivity index (χ3n) is 6.34. The third kappa shape index (κ3) is 5.55. The summed E-state index contributed by atoms with van der Waals surface area (Å²) in [5, 5.41) is 2.89. The second kappa shape index (κ2) is 10.7. The van der Waals surface area contributed by atoms with E-state index in [-0.39, 0.29) is 29.9 Å². The fraction of sp³-hybridized carbons (Fsp3) is 0.560. The van der Waals surface area contributed by atoms with Gasteiger partial charge in [-0.05, 0) is 63.8 Å². The number of nitrogens with zero attached hydrogens (tertiary/aromatic N) is 3. The number of aromatic nitrogens is 1. The van der Waals surface area contributed by atoms with E-state index in [9.17, 15) is 9.59 Å². The van der Waals surface area contributed by atoms with E-state index in [1.807, 2.05) is 53.3 Å². The Hall–Kier alpha value is -2.45. The summed E-state index contributed by atoms with van der Waals surface area (Å²) < 4.78 is 10.9. The highest BCUT2D eigenvalue weighted by Crippen LogP contribution is 2.32. The van der Waals surface area contributed by atoms with E-state index in [0.29, 0.717) is 31.0 Å². The van der Waals surface area contributed by atoms with Gasteiger partial charge in [-0.15, -0.1) is 11.3 Å². The van der Waals surface area contributed by atoms with Gasteiger partial charge in [0.15, 0.2) is 0 Å². The molecular formula is C25H33N3O4S. The lowest BCUT2D eigenvalue weighted by Gasteiger charge is -2.31. The number of ether oxygens (including phenoxy) is 2. The van der Waals surface area contributed by atoms with Gasteiger partial charge in [-0.2, -0.15) is 0 Å². The Morgan fingerprint density at radius 2 is 1.82 bits per heavy atom. The third-order valence-corrected chi connectivity index (χ3v) is 7.35. The number of amides is 2. The second-order valence-electron chi connectivity index (χ2n) is 9.08. The van der Waals surface area contributed by atoms with Crippen LogP contribution in [-0.2, 0) is 4.74 Å². The molecule has 0 aliphatic carbocycles. The van der Waals surface area contributed by atoms with Crippen LogP contribution in [0.1, 0.15) is 71.3 Å². The van der Waals surface area contributed by atoms with E-state index in [0.717, 1.165) is 43.0 Å². The topological polar surface area (TPSA) is 72.0 Å². The van der Waals surface area contributed by atoms with E-state index >= 15 is 0 Å². The number of carbonyl (C=O) groups excluding carboxylic acids is 2. The number of rotatable bonds is 7. The zero-order chi connectivity index (χ0) is 23.4. The molecule has 1 atom stereocenters. The maximum absolute atomic E-state index is 13.0. The van der Waals surface area contributed by atoms with Gasteiger partial charge in [0.2, 0.25) is 0 Å². The van der Waals surface area contributed by atoms with E-state index < -0.39 is 0 Å². The summed E-state index contributed by atoms with van der Waals surface area (Å²) in [6.45, 7) is 6.69. The van der Waals surface area contributed by atoms with Crippen molar-refractivity contribution in [2.75, 3.05) is 33.4 Å². The van der Waals surface area contributed by atoms with Crippen LogP contribution in [-0.4, -0.2) is 72.1 Å². The molecule has 8 heteroatoms. The molecule has 2 aliphatic heterocycles. The average Bonchev–Trinajstić information content (AvgIpc) is 3.49. The van der Waals surface area contributed by atoms with Gasteiger partial charge in [0.1, 0.15) is 11.4 Å². The van der Waals surface area contributed by atoms with Crippen molar-refractivity contribution in [3.8, 4) is 5.75 Å². The summed E-state index contributed by atoms with van der Waals surface area (Å²) in [5.74, 6) is 1.12. The Kier molecular flexibility index (Phi) is 7.65. The number of methoxy groups -OCH3 is 1. The Bertz CT molecular complexity index is 951. The van der Waals surface area contributed by atoms with Crippen molar-refractivity contribution in [3.63, 3.8) is 0 Å². The lowest BCUT2D eigenvalue weighted by atomic mass is 9.97. The number of hydrogen-bond donors (Lipinski definition) is 0. The van der Waals surface area contributed by atoms with Gasteiger partial charge < -0.3 is 19.3 Å². The van der Waals surface area contributed by atoms with Crippen LogP contribution in [0.4, 0.5) is 0 Å². The molecule has 0 N–H and O–H groups in total. The molecule has 7 nitrogen and oxygen atoms in total. The van der Waals surface area contributed by atoms with Crippen LogP contribution in [0.5, 0.6) is 5.75 Å². The zero-order valence-electron chi connectivity index (χ0n) is 19.7. The van der Waals surface area contributed by atoms with Crippen LogP contribution in [0, 0.1) is 0 Å². The molecule has 2 aliphatic rings. The molecule has 0 saturated carbocycles. The highest BCUT2D eigenvalue weighted by Gasteiger charge is 2.32. The van der Waals surface area contributed by atoms with Crippen molar-refractivity contribution in [1.29, 1.82) is 0 Å². The summed E-state index contributed by atoms with van der Waals surface area (Å²) in [4.78, 5) is 34.4. The Balaban J connectivity index is 1.32. The molecule has 1 aromatic heterocycles. The summed E-state index contributed by atoms with van der Waals surface area (Å²) in [7, 11) is 1.68. The monoisotopic (exact) mass is 471 g/mol. The van der Waals surface area contributed by atoms with E-state index in [1.54, 1.807) is 18.4 Å². The van der Waals surface area contributed by atoms with Crippen molar-refractivity contribution in [2.24, 2.45) is 0 Å². The first kappa shape index (κ1) is 23.7. The van der Waals surface area contributed by atoms with Gasteiger partial charge in [0.05, 0.1) is 23.8 Å². The molecule has 2 fully saturated rings. The maximum atomic E-state index is 13.0. The maximum Gasteiger partial charge on any atom is 0.273 e. The van der Waals surface area contributed by atoms with Crippen LogP contribution in [0.25, 0.3) is 0 Å². The second-order valence-corrected chi connectivity index (χ2v) is 9.97. The van der Waals surface area contributed by atoms with Crippen LogP contribution in [0.15, 0.2) is 29.6 Å². The standard InChI is InChI=1S/C25H33N3O4S/c1-17(2)32-21-8-6-19(7-9-21)24(29)27-13-10-18(11-14-27)23-26-22(16-33-23)25(30)28-12-4-5-20(28)15-31-3/h6-9,16-18,20H,4-5,10-15H2,1-3H3. The molecule has 1 aromatic carbocycles. The molecule has 0 spiro atoms. The molecule has 3 heterocycles. The Morgan fingerprint density at radius 1 is 1.09 bits per heavy atom. The van der Waals surface area contributed by atoms with Gasteiger partial charge in [0, 0.05) is 43.6 Å². The quantitative estimate of drug-likeness (QED) is 0.605. The minimum atomic E-state index is 0.00885. The van der Waals surface area contributed by atoms with Crippen LogP contribution < -0.4 is 4.74 Å². The highest BCUT2D eigenvalue weighted by atomic mass is 32.1. The molecule has 0 bridgehead atoms. The van der Waals surface area contributed by atoms with Crippen molar-refractivity contribution >= 4 is 23.2 Å². The highest BCUT2D eigenvalue weighted by molar-refractivity contribution is 7.09. The molecule has 0 radical (unpaired) electrons. The van der Waals surface area contributed by atoms with Gasteiger partial charge in [-0.25, -0.2) is 4.98 Å². The number of likely N-dealkylation sites (tertiary alicyclic amines) is 2. The van der Waals surface area contributed by atoms with Crippen molar-refractivity contribution < 1.29 is 19.1 Å². The number of benzene rings is 1. The molecule has 178 valence electrons. The predicted molar refractivity (Wildman–Crippen MR) is 128 cm³/mol. The zero-order valence-corrected chi connectivity index (χ0v) is 20.5. The van der Waals surface area contributed by atoms with Gasteiger partial charge in [0.25, 0.3) is 11.8 Å². The molecule has 1 unspecified atom stereocenters. The molecule has 4 rings (SSSR count). The minimum absolute atomic E-state index is 0.00885. The smallest absolute Gasteiger partial charge is 0.273 e. The minimum Gasteiger partial charge on any atom is -0.491 e. The molecule has 2 saturated heterocycles. The summed E-state index contributed by atoms with van der Waals surface area (Å²) in [6, 6.07) is 7.52. The normalized spacial score (nSPS) is 19.3. The number of carbonyl (C=O) groups is 2. The Labute approximate surface area is 199 Å². The molecule has 33 heavy (non-hydrogen) atoms. The van der Waals surface area contributed by atoms with Crippen molar-refractivity contribution in [1.82, 2.24) is 14.8 Å². The lowest BCUT2D eigenvalue weighted by molar-refractivity contribution is 0.0625.